The van der Waals surface area contributed by atoms with Crippen LogP contribution in [0.15, 0.2) is 53.4 Å². The average Bonchev–Trinajstić information content (AvgIpc) is 2.67. The maximum atomic E-state index is 12.0. The Hall–Kier alpha value is -2.71. The van der Waals surface area contributed by atoms with Gasteiger partial charge in [-0.3, -0.25) is 9.59 Å². The Morgan fingerprint density at radius 2 is 1.78 bits per heavy atom. The van der Waals surface area contributed by atoms with Crippen LogP contribution in [-0.2, 0) is 30.8 Å². The molecule has 0 radical (unpaired) electrons. The Bertz CT molecular complexity index is 911. The number of aryl methyl sites for hydroxylation is 2. The molecule has 0 unspecified atom stereocenters. The second-order valence-corrected chi connectivity index (χ2v) is 7.74. The maximum Gasteiger partial charge on any atom is 0.306 e. The van der Waals surface area contributed by atoms with Crippen molar-refractivity contribution in [1.82, 2.24) is 4.72 Å². The molecule has 8 heteroatoms. The monoisotopic (exact) mass is 390 g/mol. The smallest absolute Gasteiger partial charge is 0.306 e. The fourth-order valence-corrected chi connectivity index (χ4v) is 3.38. The molecule has 0 aliphatic heterocycles. The summed E-state index contributed by atoms with van der Waals surface area (Å²) in [6.07, 6.45) is 0.705. The molecule has 0 saturated heterocycles. The van der Waals surface area contributed by atoms with Crippen LogP contribution in [0.2, 0.25) is 0 Å². The predicted molar refractivity (Wildman–Crippen MR) is 102 cm³/mol. The Kier molecular flexibility index (Phi) is 7.09. The van der Waals surface area contributed by atoms with E-state index in [9.17, 15) is 18.0 Å². The van der Waals surface area contributed by atoms with Crippen molar-refractivity contribution in [3.05, 3.63) is 59.7 Å². The fourth-order valence-electron chi connectivity index (χ4n) is 2.38. The molecular formula is C19H22N2O5S. The standard InChI is InChI=1S/C19H22N2O5S/c1-14-8-10-16(12-17(14)27(24,25)20-2)21-18(22)13-26-19(23)11-9-15-6-4-3-5-7-15/h3-8,10,12,20H,9,11,13H2,1-2H3,(H,21,22). The summed E-state index contributed by atoms with van der Waals surface area (Å²) in [5.41, 5.74) is 1.87. The third-order valence-electron chi connectivity index (χ3n) is 3.86. The molecule has 2 aromatic rings. The van der Waals surface area contributed by atoms with Crippen LogP contribution < -0.4 is 10.0 Å². The highest BCUT2D eigenvalue weighted by Crippen LogP contribution is 2.19. The Balaban J connectivity index is 1.87. The molecule has 2 rings (SSSR count). The number of nitrogens with one attached hydrogen (secondary N) is 2. The molecule has 0 heterocycles. The van der Waals surface area contributed by atoms with Gasteiger partial charge in [0.1, 0.15) is 0 Å². The van der Waals surface area contributed by atoms with Gasteiger partial charge in [-0.1, -0.05) is 36.4 Å². The van der Waals surface area contributed by atoms with Crippen LogP contribution in [0.4, 0.5) is 5.69 Å². The molecule has 2 N–H and O–H groups in total. The van der Waals surface area contributed by atoms with Gasteiger partial charge in [0.05, 0.1) is 4.90 Å². The molecule has 144 valence electrons. The van der Waals surface area contributed by atoms with Gasteiger partial charge in [0.25, 0.3) is 5.91 Å². The van der Waals surface area contributed by atoms with Gasteiger partial charge in [0.15, 0.2) is 6.61 Å². The van der Waals surface area contributed by atoms with E-state index in [-0.39, 0.29) is 11.3 Å². The molecule has 0 aliphatic rings. The molecule has 0 bridgehead atoms. The Morgan fingerprint density at radius 3 is 2.44 bits per heavy atom. The Labute approximate surface area is 158 Å². The zero-order chi connectivity index (χ0) is 19.9. The summed E-state index contributed by atoms with van der Waals surface area (Å²) in [6, 6.07) is 14.0. The van der Waals surface area contributed by atoms with Crippen LogP contribution in [0.1, 0.15) is 17.5 Å². The van der Waals surface area contributed by atoms with Crippen LogP contribution in [-0.4, -0.2) is 33.9 Å². The first-order valence-electron chi connectivity index (χ1n) is 8.35. The second kappa shape index (κ2) is 9.29. The molecule has 0 spiro atoms. The van der Waals surface area contributed by atoms with E-state index in [0.717, 1.165) is 5.56 Å². The minimum absolute atomic E-state index is 0.0719. The number of anilines is 1. The highest BCUT2D eigenvalue weighted by Gasteiger charge is 2.16. The molecule has 2 aromatic carbocycles. The SMILES string of the molecule is CNS(=O)(=O)c1cc(NC(=O)COC(=O)CCc2ccccc2)ccc1C. The van der Waals surface area contributed by atoms with E-state index in [0.29, 0.717) is 17.7 Å². The first-order chi connectivity index (χ1) is 12.8. The van der Waals surface area contributed by atoms with Crippen molar-refractivity contribution in [2.45, 2.75) is 24.7 Å². The van der Waals surface area contributed by atoms with Crippen molar-refractivity contribution in [2.24, 2.45) is 0 Å². The van der Waals surface area contributed by atoms with E-state index in [2.05, 4.69) is 10.0 Å². The molecule has 7 nitrogen and oxygen atoms in total. The first-order valence-corrected chi connectivity index (χ1v) is 9.84. The maximum absolute atomic E-state index is 12.0. The number of hydrogen-bond acceptors (Lipinski definition) is 5. The lowest BCUT2D eigenvalue weighted by molar-refractivity contribution is -0.147. The zero-order valence-electron chi connectivity index (χ0n) is 15.2. The van der Waals surface area contributed by atoms with Crippen molar-refractivity contribution in [1.29, 1.82) is 0 Å². The van der Waals surface area contributed by atoms with E-state index >= 15 is 0 Å². The van der Waals surface area contributed by atoms with Gasteiger partial charge >= 0.3 is 5.97 Å². The summed E-state index contributed by atoms with van der Waals surface area (Å²) in [5, 5.41) is 2.53. The third kappa shape index (κ3) is 6.19. The van der Waals surface area contributed by atoms with Crippen molar-refractivity contribution >= 4 is 27.6 Å². The average molecular weight is 390 g/mol. The van der Waals surface area contributed by atoms with Gasteiger partial charge in [-0.25, -0.2) is 13.1 Å². The van der Waals surface area contributed by atoms with Crippen LogP contribution in [0.3, 0.4) is 0 Å². The van der Waals surface area contributed by atoms with Crippen molar-refractivity contribution in [3.8, 4) is 0 Å². The molecule has 27 heavy (non-hydrogen) atoms. The van der Waals surface area contributed by atoms with Gasteiger partial charge in [-0.05, 0) is 43.7 Å². The number of sulfonamides is 1. The van der Waals surface area contributed by atoms with Crippen molar-refractivity contribution in [3.63, 3.8) is 0 Å². The van der Waals surface area contributed by atoms with Crippen LogP contribution in [0.25, 0.3) is 0 Å². The number of carbonyl (C=O) groups is 2. The summed E-state index contributed by atoms with van der Waals surface area (Å²) < 4.78 is 31.1. The van der Waals surface area contributed by atoms with E-state index < -0.39 is 28.5 Å². The van der Waals surface area contributed by atoms with Crippen LogP contribution >= 0.6 is 0 Å². The quantitative estimate of drug-likeness (QED) is 0.672. The normalized spacial score (nSPS) is 11.0. The summed E-state index contributed by atoms with van der Waals surface area (Å²) in [7, 11) is -2.32. The second-order valence-electron chi connectivity index (χ2n) is 5.88. The topological polar surface area (TPSA) is 102 Å². The third-order valence-corrected chi connectivity index (χ3v) is 5.41. The predicted octanol–water partition coefficient (Wildman–Crippen LogP) is 2.02. The number of hydrogen-bond donors (Lipinski definition) is 2. The van der Waals surface area contributed by atoms with Gasteiger partial charge in [-0.15, -0.1) is 0 Å². The molecule has 0 fully saturated rings. The van der Waals surface area contributed by atoms with E-state index in [4.69, 9.17) is 4.74 Å². The van der Waals surface area contributed by atoms with Crippen molar-refractivity contribution < 1.29 is 22.7 Å². The van der Waals surface area contributed by atoms with Gasteiger partial charge < -0.3 is 10.1 Å². The highest BCUT2D eigenvalue weighted by atomic mass is 32.2. The lowest BCUT2D eigenvalue weighted by Gasteiger charge is -2.10. The lowest BCUT2D eigenvalue weighted by atomic mass is 10.1. The summed E-state index contributed by atoms with van der Waals surface area (Å²) >= 11 is 0. The lowest BCUT2D eigenvalue weighted by Crippen LogP contribution is -2.22. The molecule has 0 atom stereocenters. The first kappa shape index (κ1) is 20.6. The zero-order valence-corrected chi connectivity index (χ0v) is 16.0. The van der Waals surface area contributed by atoms with E-state index in [1.165, 1.54) is 13.1 Å². The van der Waals surface area contributed by atoms with Gasteiger partial charge in [0, 0.05) is 12.1 Å². The number of benzene rings is 2. The Morgan fingerprint density at radius 1 is 1.07 bits per heavy atom. The van der Waals surface area contributed by atoms with Crippen molar-refractivity contribution in [2.75, 3.05) is 19.0 Å². The molecule has 1 amide bonds. The largest absolute Gasteiger partial charge is 0.456 e. The number of amides is 1. The van der Waals surface area contributed by atoms with E-state index in [1.807, 2.05) is 30.3 Å². The van der Waals surface area contributed by atoms with Gasteiger partial charge in [0.2, 0.25) is 10.0 Å². The molecular weight excluding hydrogens is 368 g/mol. The summed E-state index contributed by atoms with van der Waals surface area (Å²) in [5.74, 6) is -1.02. The van der Waals surface area contributed by atoms with Crippen LogP contribution in [0.5, 0.6) is 0 Å². The molecule has 0 aromatic heterocycles. The molecule has 0 saturated carbocycles. The summed E-state index contributed by atoms with van der Waals surface area (Å²) in [6.45, 7) is 1.22. The number of esters is 1. The molecule has 0 aliphatic carbocycles. The fraction of sp³-hybridized carbons (Fsp3) is 0.263. The minimum Gasteiger partial charge on any atom is -0.456 e. The van der Waals surface area contributed by atoms with E-state index in [1.54, 1.807) is 19.1 Å². The summed E-state index contributed by atoms with van der Waals surface area (Å²) in [4.78, 5) is 23.8. The minimum atomic E-state index is -3.63. The number of carbonyl (C=O) groups excluding carboxylic acids is 2. The highest BCUT2D eigenvalue weighted by molar-refractivity contribution is 7.89. The van der Waals surface area contributed by atoms with Crippen LogP contribution in [0, 0.1) is 6.92 Å². The number of ether oxygens (including phenoxy) is 1. The van der Waals surface area contributed by atoms with Gasteiger partial charge in [-0.2, -0.15) is 0 Å². The number of rotatable bonds is 8.